The Balaban J connectivity index is 1.58. The zero-order valence-corrected chi connectivity index (χ0v) is 15.4. The fraction of sp³-hybridized carbons (Fsp3) is 0.471. The van der Waals surface area contributed by atoms with E-state index in [-0.39, 0.29) is 42.5 Å². The molecule has 2 atom stereocenters. The first kappa shape index (κ1) is 17.4. The second-order valence-electron chi connectivity index (χ2n) is 6.25. The molecular weight excluding hydrogens is 396 g/mol. The van der Waals surface area contributed by atoms with E-state index in [0.29, 0.717) is 10.7 Å². The van der Waals surface area contributed by atoms with Gasteiger partial charge in [-0.3, -0.25) is 19.3 Å². The molecule has 1 aliphatic heterocycles. The SMILES string of the molecule is O=C(CCN1C(=O)[C@H]2CCCC[C@H]2C1=O)Nc1ccc(Br)cc1Cl. The second kappa shape index (κ2) is 7.23. The monoisotopic (exact) mass is 412 g/mol. The lowest BCUT2D eigenvalue weighted by molar-refractivity contribution is -0.140. The first-order valence-corrected chi connectivity index (χ1v) is 9.24. The number of benzene rings is 1. The van der Waals surface area contributed by atoms with Crippen LogP contribution in [0.4, 0.5) is 5.69 Å². The van der Waals surface area contributed by atoms with Gasteiger partial charge in [0.1, 0.15) is 0 Å². The maximum atomic E-state index is 12.4. The minimum Gasteiger partial charge on any atom is -0.325 e. The number of nitrogens with one attached hydrogen (secondary N) is 1. The van der Waals surface area contributed by atoms with Crippen molar-refractivity contribution < 1.29 is 14.4 Å². The van der Waals surface area contributed by atoms with E-state index in [4.69, 9.17) is 11.6 Å². The molecule has 3 amide bonds. The van der Waals surface area contributed by atoms with Gasteiger partial charge in [0.2, 0.25) is 17.7 Å². The molecule has 24 heavy (non-hydrogen) atoms. The molecule has 0 spiro atoms. The number of rotatable bonds is 4. The average molecular weight is 414 g/mol. The molecule has 3 rings (SSSR count). The highest BCUT2D eigenvalue weighted by Gasteiger charge is 2.47. The predicted octanol–water partition coefficient (Wildman–Crippen LogP) is 3.61. The molecule has 5 nitrogen and oxygen atoms in total. The van der Waals surface area contributed by atoms with Crippen LogP contribution in [0.15, 0.2) is 22.7 Å². The molecule has 7 heteroatoms. The van der Waals surface area contributed by atoms with Crippen molar-refractivity contribution in [2.45, 2.75) is 32.1 Å². The first-order valence-electron chi connectivity index (χ1n) is 8.07. The normalized spacial score (nSPS) is 23.3. The summed E-state index contributed by atoms with van der Waals surface area (Å²) in [6.45, 7) is 0.130. The molecule has 1 saturated carbocycles. The lowest BCUT2D eigenvalue weighted by atomic mass is 9.81. The van der Waals surface area contributed by atoms with Crippen LogP contribution < -0.4 is 5.32 Å². The van der Waals surface area contributed by atoms with Crippen LogP contribution in [0.25, 0.3) is 0 Å². The molecule has 0 radical (unpaired) electrons. The number of likely N-dealkylation sites (tertiary alicyclic amines) is 1. The van der Waals surface area contributed by atoms with Gasteiger partial charge in [0, 0.05) is 17.4 Å². The first-order chi connectivity index (χ1) is 11.5. The summed E-state index contributed by atoms with van der Waals surface area (Å²) in [5.74, 6) is -0.835. The quantitative estimate of drug-likeness (QED) is 0.767. The summed E-state index contributed by atoms with van der Waals surface area (Å²) >= 11 is 9.37. The van der Waals surface area contributed by atoms with E-state index in [1.54, 1.807) is 18.2 Å². The summed E-state index contributed by atoms with van der Waals surface area (Å²) in [6, 6.07) is 5.17. The van der Waals surface area contributed by atoms with Crippen LogP contribution in [0.1, 0.15) is 32.1 Å². The van der Waals surface area contributed by atoms with E-state index in [2.05, 4.69) is 21.2 Å². The van der Waals surface area contributed by atoms with Crippen LogP contribution in [0.3, 0.4) is 0 Å². The van der Waals surface area contributed by atoms with Gasteiger partial charge in [-0.25, -0.2) is 0 Å². The number of halogens is 2. The third kappa shape index (κ3) is 3.49. The van der Waals surface area contributed by atoms with E-state index in [0.717, 1.165) is 30.2 Å². The van der Waals surface area contributed by atoms with Crippen LogP contribution >= 0.6 is 27.5 Å². The number of carbonyl (C=O) groups is 3. The number of anilines is 1. The molecule has 1 saturated heterocycles. The number of fused-ring (bicyclic) bond motifs is 1. The van der Waals surface area contributed by atoms with E-state index >= 15 is 0 Å². The predicted molar refractivity (Wildman–Crippen MR) is 94.6 cm³/mol. The fourth-order valence-corrected chi connectivity index (χ4v) is 4.19. The fourth-order valence-electron chi connectivity index (χ4n) is 3.47. The summed E-state index contributed by atoms with van der Waals surface area (Å²) in [5, 5.41) is 3.14. The van der Waals surface area contributed by atoms with Gasteiger partial charge in [-0.05, 0) is 31.0 Å². The van der Waals surface area contributed by atoms with Gasteiger partial charge in [0.05, 0.1) is 22.5 Å². The standard InChI is InChI=1S/C17H18BrClN2O3/c18-10-5-6-14(13(19)9-10)20-15(22)7-8-21-16(23)11-3-1-2-4-12(11)17(21)24/h5-6,9,11-12H,1-4,7-8H2,(H,20,22)/t11-,12+. The van der Waals surface area contributed by atoms with Gasteiger partial charge in [-0.1, -0.05) is 40.4 Å². The second-order valence-corrected chi connectivity index (χ2v) is 7.57. The van der Waals surface area contributed by atoms with Crippen molar-refractivity contribution in [3.63, 3.8) is 0 Å². The molecule has 128 valence electrons. The third-order valence-electron chi connectivity index (χ3n) is 4.70. The number of carbonyl (C=O) groups excluding carboxylic acids is 3. The molecule has 0 unspecified atom stereocenters. The number of amides is 3. The van der Waals surface area contributed by atoms with Crippen molar-refractivity contribution >= 4 is 50.9 Å². The minimum absolute atomic E-state index is 0.0727. The number of hydrogen-bond acceptors (Lipinski definition) is 3. The maximum absolute atomic E-state index is 12.4. The Morgan fingerprint density at radius 3 is 2.42 bits per heavy atom. The molecule has 1 heterocycles. The zero-order valence-electron chi connectivity index (χ0n) is 13.1. The minimum atomic E-state index is -0.269. The van der Waals surface area contributed by atoms with E-state index in [1.807, 2.05) is 0 Å². The number of hydrogen-bond donors (Lipinski definition) is 1. The van der Waals surface area contributed by atoms with Crippen molar-refractivity contribution in [3.05, 3.63) is 27.7 Å². The van der Waals surface area contributed by atoms with Crippen LogP contribution in [0, 0.1) is 11.8 Å². The van der Waals surface area contributed by atoms with Crippen molar-refractivity contribution in [2.75, 3.05) is 11.9 Å². The smallest absolute Gasteiger partial charge is 0.233 e. The lowest BCUT2D eigenvalue weighted by Crippen LogP contribution is -2.34. The third-order valence-corrected chi connectivity index (χ3v) is 5.51. The van der Waals surface area contributed by atoms with E-state index in [9.17, 15) is 14.4 Å². The Labute approximate surface area is 153 Å². The van der Waals surface area contributed by atoms with Crippen molar-refractivity contribution in [1.29, 1.82) is 0 Å². The Morgan fingerprint density at radius 1 is 1.21 bits per heavy atom. The summed E-state index contributed by atoms with van der Waals surface area (Å²) < 4.78 is 0.821. The summed E-state index contributed by atoms with van der Waals surface area (Å²) in [4.78, 5) is 38.1. The summed E-state index contributed by atoms with van der Waals surface area (Å²) in [5.41, 5.74) is 0.512. The molecule has 2 fully saturated rings. The van der Waals surface area contributed by atoms with Crippen LogP contribution in [-0.4, -0.2) is 29.2 Å². The number of imide groups is 1. The number of nitrogens with zero attached hydrogens (tertiary/aromatic N) is 1. The van der Waals surface area contributed by atoms with Crippen molar-refractivity contribution in [2.24, 2.45) is 11.8 Å². The average Bonchev–Trinajstić information content (AvgIpc) is 2.80. The van der Waals surface area contributed by atoms with Gasteiger partial charge in [0.15, 0.2) is 0 Å². The van der Waals surface area contributed by atoms with Gasteiger partial charge in [-0.2, -0.15) is 0 Å². The molecule has 1 N–H and O–H groups in total. The summed E-state index contributed by atoms with van der Waals surface area (Å²) in [6.07, 6.45) is 3.63. The highest BCUT2D eigenvalue weighted by molar-refractivity contribution is 9.10. The molecule has 1 aromatic rings. The van der Waals surface area contributed by atoms with Crippen LogP contribution in [0.5, 0.6) is 0 Å². The maximum Gasteiger partial charge on any atom is 0.233 e. The molecule has 1 aromatic carbocycles. The lowest BCUT2D eigenvalue weighted by Gasteiger charge is -2.19. The topological polar surface area (TPSA) is 66.5 Å². The highest BCUT2D eigenvalue weighted by Crippen LogP contribution is 2.38. The zero-order chi connectivity index (χ0) is 17.3. The van der Waals surface area contributed by atoms with E-state index in [1.165, 1.54) is 4.90 Å². The highest BCUT2D eigenvalue weighted by atomic mass is 79.9. The van der Waals surface area contributed by atoms with Gasteiger partial charge >= 0.3 is 0 Å². The largest absolute Gasteiger partial charge is 0.325 e. The Hall–Kier alpha value is -1.40. The molecule has 1 aliphatic carbocycles. The van der Waals surface area contributed by atoms with Crippen LogP contribution in [0.2, 0.25) is 5.02 Å². The van der Waals surface area contributed by atoms with Crippen molar-refractivity contribution in [3.8, 4) is 0 Å². The van der Waals surface area contributed by atoms with Gasteiger partial charge in [-0.15, -0.1) is 0 Å². The van der Waals surface area contributed by atoms with Crippen LogP contribution in [-0.2, 0) is 14.4 Å². The Kier molecular flexibility index (Phi) is 5.25. The summed E-state index contributed by atoms with van der Waals surface area (Å²) in [7, 11) is 0. The van der Waals surface area contributed by atoms with E-state index < -0.39 is 0 Å². The molecule has 2 aliphatic rings. The Bertz CT molecular complexity index is 670. The molecule has 0 bridgehead atoms. The van der Waals surface area contributed by atoms with Crippen molar-refractivity contribution in [1.82, 2.24) is 4.90 Å². The molecule has 0 aromatic heterocycles. The van der Waals surface area contributed by atoms with Gasteiger partial charge < -0.3 is 5.32 Å². The Morgan fingerprint density at radius 2 is 1.83 bits per heavy atom. The van der Waals surface area contributed by atoms with Gasteiger partial charge in [0.25, 0.3) is 0 Å². The molecular formula is C17H18BrClN2O3.